The van der Waals surface area contributed by atoms with Crippen LogP contribution in [0.5, 0.6) is 0 Å². The van der Waals surface area contributed by atoms with E-state index in [1.807, 2.05) is 6.92 Å². The van der Waals surface area contributed by atoms with E-state index in [-0.39, 0.29) is 18.6 Å². The highest BCUT2D eigenvalue weighted by Gasteiger charge is 2.32. The summed E-state index contributed by atoms with van der Waals surface area (Å²) in [5, 5.41) is 13.6. The zero-order valence-corrected chi connectivity index (χ0v) is 10.7. The minimum atomic E-state index is -0.0912. The SMILES string of the molecule is Cc1noc2ncc(C(=O)N(CCO)C3CC3)cc12. The van der Waals surface area contributed by atoms with E-state index in [9.17, 15) is 4.79 Å². The van der Waals surface area contributed by atoms with Crippen LogP contribution in [0.2, 0.25) is 0 Å². The number of pyridine rings is 1. The van der Waals surface area contributed by atoms with Crippen molar-refractivity contribution in [2.75, 3.05) is 13.2 Å². The van der Waals surface area contributed by atoms with Crippen molar-refractivity contribution in [3.8, 4) is 0 Å². The van der Waals surface area contributed by atoms with E-state index >= 15 is 0 Å². The van der Waals surface area contributed by atoms with Crippen LogP contribution in [0, 0.1) is 6.92 Å². The average molecular weight is 261 g/mol. The van der Waals surface area contributed by atoms with Crippen molar-refractivity contribution in [3.63, 3.8) is 0 Å². The van der Waals surface area contributed by atoms with E-state index in [0.29, 0.717) is 17.8 Å². The van der Waals surface area contributed by atoms with Gasteiger partial charge < -0.3 is 14.5 Å². The van der Waals surface area contributed by atoms with Crippen LogP contribution in [0.4, 0.5) is 0 Å². The molecule has 2 heterocycles. The number of hydrogen-bond donors (Lipinski definition) is 1. The van der Waals surface area contributed by atoms with Crippen LogP contribution >= 0.6 is 0 Å². The van der Waals surface area contributed by atoms with Crippen molar-refractivity contribution >= 4 is 17.0 Å². The Morgan fingerprint density at radius 2 is 2.37 bits per heavy atom. The Kier molecular flexibility index (Phi) is 2.94. The number of nitrogens with zero attached hydrogens (tertiary/aromatic N) is 3. The molecule has 0 aromatic carbocycles. The summed E-state index contributed by atoms with van der Waals surface area (Å²) < 4.78 is 5.03. The number of hydrogen-bond acceptors (Lipinski definition) is 5. The zero-order valence-electron chi connectivity index (χ0n) is 10.7. The van der Waals surface area contributed by atoms with Gasteiger partial charge in [-0.15, -0.1) is 0 Å². The number of aliphatic hydroxyl groups is 1. The molecule has 1 aliphatic carbocycles. The first-order valence-electron chi connectivity index (χ1n) is 6.34. The molecule has 100 valence electrons. The summed E-state index contributed by atoms with van der Waals surface area (Å²) in [7, 11) is 0. The number of aryl methyl sites for hydroxylation is 1. The third-order valence-electron chi connectivity index (χ3n) is 3.35. The van der Waals surface area contributed by atoms with Gasteiger partial charge in [-0.3, -0.25) is 4.79 Å². The highest BCUT2D eigenvalue weighted by atomic mass is 16.5. The van der Waals surface area contributed by atoms with Gasteiger partial charge in [-0.25, -0.2) is 4.98 Å². The second kappa shape index (κ2) is 4.62. The molecule has 0 saturated heterocycles. The lowest BCUT2D eigenvalue weighted by atomic mass is 10.2. The molecule has 0 spiro atoms. The second-order valence-electron chi connectivity index (χ2n) is 4.80. The Labute approximate surface area is 110 Å². The number of rotatable bonds is 4. The van der Waals surface area contributed by atoms with Crippen molar-refractivity contribution in [1.82, 2.24) is 15.0 Å². The first kappa shape index (κ1) is 12.1. The summed E-state index contributed by atoms with van der Waals surface area (Å²) in [4.78, 5) is 18.2. The molecule has 2 aromatic heterocycles. The van der Waals surface area contributed by atoms with Gasteiger partial charge in [0.15, 0.2) is 0 Å². The largest absolute Gasteiger partial charge is 0.395 e. The maximum absolute atomic E-state index is 12.4. The summed E-state index contributed by atoms with van der Waals surface area (Å²) in [5.74, 6) is -0.0912. The predicted octanol–water partition coefficient (Wildman–Crippen LogP) is 1.13. The van der Waals surface area contributed by atoms with E-state index in [1.54, 1.807) is 11.0 Å². The van der Waals surface area contributed by atoms with Crippen LogP contribution in [0.15, 0.2) is 16.8 Å². The molecule has 6 heteroatoms. The number of fused-ring (bicyclic) bond motifs is 1. The topological polar surface area (TPSA) is 79.5 Å². The standard InChI is InChI=1S/C13H15N3O3/c1-8-11-6-9(7-14-12(11)19-15-8)13(18)16(4-5-17)10-2-3-10/h6-7,10,17H,2-5H2,1H3. The fourth-order valence-electron chi connectivity index (χ4n) is 2.17. The number of carbonyl (C=O) groups excluding carboxylic acids is 1. The summed E-state index contributed by atoms with van der Waals surface area (Å²) in [6.07, 6.45) is 3.52. The molecule has 6 nitrogen and oxygen atoms in total. The lowest BCUT2D eigenvalue weighted by Gasteiger charge is -2.21. The van der Waals surface area contributed by atoms with Crippen LogP contribution in [-0.4, -0.2) is 45.2 Å². The Morgan fingerprint density at radius 1 is 1.58 bits per heavy atom. The first-order valence-corrected chi connectivity index (χ1v) is 6.34. The molecular formula is C13H15N3O3. The molecule has 1 saturated carbocycles. The third kappa shape index (κ3) is 2.19. The molecule has 1 fully saturated rings. The van der Waals surface area contributed by atoms with Crippen LogP contribution in [-0.2, 0) is 0 Å². The van der Waals surface area contributed by atoms with Gasteiger partial charge in [0.2, 0.25) is 0 Å². The highest BCUT2D eigenvalue weighted by Crippen LogP contribution is 2.28. The molecule has 1 aliphatic rings. The zero-order chi connectivity index (χ0) is 13.4. The maximum Gasteiger partial charge on any atom is 0.257 e. The summed E-state index contributed by atoms with van der Waals surface area (Å²) in [6, 6.07) is 2.02. The maximum atomic E-state index is 12.4. The lowest BCUT2D eigenvalue weighted by Crippen LogP contribution is -2.35. The minimum absolute atomic E-state index is 0.0236. The fraction of sp³-hybridized carbons (Fsp3) is 0.462. The average Bonchev–Trinajstić information content (AvgIpc) is 3.20. The normalized spacial score (nSPS) is 14.8. The van der Waals surface area contributed by atoms with Crippen LogP contribution in [0.1, 0.15) is 28.9 Å². The van der Waals surface area contributed by atoms with Gasteiger partial charge in [0.25, 0.3) is 11.6 Å². The minimum Gasteiger partial charge on any atom is -0.395 e. The van der Waals surface area contributed by atoms with Crippen LogP contribution in [0.25, 0.3) is 11.1 Å². The molecule has 3 rings (SSSR count). The van der Waals surface area contributed by atoms with Crippen molar-refractivity contribution in [2.24, 2.45) is 0 Å². The monoisotopic (exact) mass is 261 g/mol. The van der Waals surface area contributed by atoms with Crippen LogP contribution in [0.3, 0.4) is 0 Å². The third-order valence-corrected chi connectivity index (χ3v) is 3.35. The van der Waals surface area contributed by atoms with Gasteiger partial charge in [0.05, 0.1) is 23.3 Å². The molecule has 2 aromatic rings. The Hall–Kier alpha value is -1.95. The number of carbonyl (C=O) groups is 1. The van der Waals surface area contributed by atoms with Gasteiger partial charge in [0.1, 0.15) is 0 Å². The molecule has 19 heavy (non-hydrogen) atoms. The molecule has 0 unspecified atom stereocenters. The van der Waals surface area contributed by atoms with Crippen molar-refractivity contribution in [1.29, 1.82) is 0 Å². The molecule has 0 bridgehead atoms. The van der Waals surface area contributed by atoms with E-state index in [4.69, 9.17) is 9.63 Å². The van der Waals surface area contributed by atoms with Gasteiger partial charge in [-0.05, 0) is 25.8 Å². The predicted molar refractivity (Wildman–Crippen MR) is 67.7 cm³/mol. The Morgan fingerprint density at radius 3 is 3.05 bits per heavy atom. The Bertz CT molecular complexity index is 619. The van der Waals surface area contributed by atoms with Gasteiger partial charge >= 0.3 is 0 Å². The smallest absolute Gasteiger partial charge is 0.257 e. The molecule has 1 amide bonds. The summed E-state index contributed by atoms with van der Waals surface area (Å²) >= 11 is 0. The summed E-state index contributed by atoms with van der Waals surface area (Å²) in [5.41, 5.74) is 1.67. The van der Waals surface area contributed by atoms with Crippen molar-refractivity contribution in [2.45, 2.75) is 25.8 Å². The second-order valence-corrected chi connectivity index (χ2v) is 4.80. The van der Waals surface area contributed by atoms with Gasteiger partial charge in [0, 0.05) is 18.8 Å². The molecule has 0 radical (unpaired) electrons. The quantitative estimate of drug-likeness (QED) is 0.892. The van der Waals surface area contributed by atoms with Crippen molar-refractivity contribution in [3.05, 3.63) is 23.5 Å². The molecule has 1 N–H and O–H groups in total. The fourth-order valence-corrected chi connectivity index (χ4v) is 2.17. The van der Waals surface area contributed by atoms with Gasteiger partial charge in [-0.2, -0.15) is 0 Å². The van der Waals surface area contributed by atoms with Gasteiger partial charge in [-0.1, -0.05) is 5.16 Å². The summed E-state index contributed by atoms with van der Waals surface area (Å²) in [6.45, 7) is 2.16. The van der Waals surface area contributed by atoms with E-state index < -0.39 is 0 Å². The molecular weight excluding hydrogens is 246 g/mol. The number of aliphatic hydroxyl groups excluding tert-OH is 1. The Balaban J connectivity index is 1.93. The van der Waals surface area contributed by atoms with E-state index in [0.717, 1.165) is 23.9 Å². The van der Waals surface area contributed by atoms with Crippen LogP contribution < -0.4 is 0 Å². The van der Waals surface area contributed by atoms with E-state index in [2.05, 4.69) is 10.1 Å². The molecule has 0 atom stereocenters. The highest BCUT2D eigenvalue weighted by molar-refractivity contribution is 5.97. The lowest BCUT2D eigenvalue weighted by molar-refractivity contribution is 0.0707. The van der Waals surface area contributed by atoms with E-state index in [1.165, 1.54) is 6.20 Å². The first-order chi connectivity index (χ1) is 9.20. The van der Waals surface area contributed by atoms with Crippen molar-refractivity contribution < 1.29 is 14.4 Å². The molecule has 0 aliphatic heterocycles. The number of amides is 1. The number of aromatic nitrogens is 2.